The van der Waals surface area contributed by atoms with Crippen LogP contribution in [0.2, 0.25) is 0 Å². The van der Waals surface area contributed by atoms with Crippen LogP contribution >= 0.6 is 0 Å². The largest absolute Gasteiger partial charge is 0.507 e. The van der Waals surface area contributed by atoms with E-state index in [1.807, 2.05) is 0 Å². The van der Waals surface area contributed by atoms with E-state index in [1.54, 1.807) is 4.90 Å². The molecule has 5 atom stereocenters. The van der Waals surface area contributed by atoms with Gasteiger partial charge in [0.1, 0.15) is 29.3 Å². The molecule has 3 fully saturated rings. The van der Waals surface area contributed by atoms with Crippen LogP contribution in [0.5, 0.6) is 0 Å². The number of nitrogens with one attached hydrogen (secondary N) is 1. The van der Waals surface area contributed by atoms with Gasteiger partial charge in [-0.3, -0.25) is 9.59 Å². The number of nitrogens with zero attached hydrogens (tertiary/aromatic N) is 2. The molecular formula is C22H22F3N3O4. The number of halogens is 3. The molecule has 32 heavy (non-hydrogen) atoms. The van der Waals surface area contributed by atoms with E-state index in [9.17, 15) is 33.0 Å². The Balaban J connectivity index is 1.40. The third kappa shape index (κ3) is 3.00. The lowest BCUT2D eigenvalue weighted by atomic mass is 9.92. The van der Waals surface area contributed by atoms with Gasteiger partial charge in [0.25, 0.3) is 11.8 Å². The van der Waals surface area contributed by atoms with Gasteiger partial charge in [-0.25, -0.2) is 13.2 Å². The number of piperazine rings is 1. The Kier molecular flexibility index (Phi) is 4.74. The van der Waals surface area contributed by atoms with Gasteiger partial charge in [-0.05, 0) is 32.1 Å². The molecule has 2 bridgehead atoms. The first kappa shape index (κ1) is 20.9. The molecule has 170 valence electrons. The minimum absolute atomic E-state index is 0.0325. The smallest absolute Gasteiger partial charge is 0.274 e. The Hall–Kier alpha value is -3.01. The van der Waals surface area contributed by atoms with Crippen LogP contribution in [0.1, 0.15) is 37.8 Å². The summed E-state index contributed by atoms with van der Waals surface area (Å²) in [6.45, 7) is 1.69. The predicted molar refractivity (Wildman–Crippen MR) is 105 cm³/mol. The molecule has 0 aromatic heterocycles. The maximum atomic E-state index is 14.1. The molecular weight excluding hydrogens is 427 g/mol. The molecule has 1 aromatic carbocycles. The molecule has 4 aliphatic rings. The van der Waals surface area contributed by atoms with E-state index in [0.717, 1.165) is 19.3 Å². The summed E-state index contributed by atoms with van der Waals surface area (Å²) in [5, 5.41) is 23.5. The summed E-state index contributed by atoms with van der Waals surface area (Å²) in [6, 6.07) is -0.0662. The second kappa shape index (κ2) is 7.26. The fourth-order valence-electron chi connectivity index (χ4n) is 5.57. The number of rotatable bonds is 3. The van der Waals surface area contributed by atoms with Crippen molar-refractivity contribution in [1.82, 2.24) is 15.1 Å². The molecule has 3 heterocycles. The van der Waals surface area contributed by atoms with Gasteiger partial charge < -0.3 is 25.3 Å². The lowest BCUT2D eigenvalue weighted by Gasteiger charge is -2.46. The van der Waals surface area contributed by atoms with Crippen LogP contribution in [0.3, 0.4) is 0 Å². The van der Waals surface area contributed by atoms with Crippen LogP contribution in [0.15, 0.2) is 35.4 Å². The van der Waals surface area contributed by atoms with Crippen LogP contribution in [0.4, 0.5) is 13.2 Å². The number of aliphatic hydroxyl groups excluding tert-OH is 2. The van der Waals surface area contributed by atoms with E-state index in [2.05, 4.69) is 5.32 Å². The number of piperidine rings is 1. The SMILES string of the molecule is C[C@@H](NC(=O)C1=CN2C[C@H]3[C@@H]4CC[C@@H](C4)N3C(=O)C2=C(O)C1O)c1c(F)cc(F)cc1F. The van der Waals surface area contributed by atoms with Crippen molar-refractivity contribution in [2.24, 2.45) is 5.92 Å². The van der Waals surface area contributed by atoms with Crippen molar-refractivity contribution >= 4 is 11.8 Å². The van der Waals surface area contributed by atoms with Crippen molar-refractivity contribution < 1.29 is 33.0 Å². The Morgan fingerprint density at radius 1 is 1.22 bits per heavy atom. The Morgan fingerprint density at radius 3 is 2.59 bits per heavy atom. The first-order chi connectivity index (χ1) is 15.2. The van der Waals surface area contributed by atoms with E-state index < -0.39 is 46.8 Å². The first-order valence-corrected chi connectivity index (χ1v) is 10.5. The predicted octanol–water partition coefficient (Wildman–Crippen LogP) is 2.00. The lowest BCUT2D eigenvalue weighted by molar-refractivity contribution is -0.137. The Labute approximate surface area is 181 Å². The van der Waals surface area contributed by atoms with Gasteiger partial charge in [-0.15, -0.1) is 0 Å². The molecule has 1 unspecified atom stereocenters. The quantitative estimate of drug-likeness (QED) is 0.657. The van der Waals surface area contributed by atoms with E-state index >= 15 is 0 Å². The van der Waals surface area contributed by atoms with Crippen molar-refractivity contribution in [3.8, 4) is 0 Å². The van der Waals surface area contributed by atoms with Crippen molar-refractivity contribution in [1.29, 1.82) is 0 Å². The van der Waals surface area contributed by atoms with Gasteiger partial charge in [0.15, 0.2) is 5.76 Å². The van der Waals surface area contributed by atoms with Crippen molar-refractivity contribution in [3.63, 3.8) is 0 Å². The van der Waals surface area contributed by atoms with Gasteiger partial charge in [0.05, 0.1) is 17.7 Å². The molecule has 10 heteroatoms. The third-order valence-corrected chi connectivity index (χ3v) is 7.03. The topological polar surface area (TPSA) is 93.1 Å². The number of carbonyl (C=O) groups excluding carboxylic acids is 2. The summed E-state index contributed by atoms with van der Waals surface area (Å²) in [6.07, 6.45) is 2.38. The zero-order valence-electron chi connectivity index (χ0n) is 17.2. The van der Waals surface area contributed by atoms with E-state index in [0.29, 0.717) is 24.6 Å². The van der Waals surface area contributed by atoms with Crippen LogP contribution in [0.25, 0.3) is 0 Å². The third-order valence-electron chi connectivity index (χ3n) is 7.03. The van der Waals surface area contributed by atoms with Crippen LogP contribution in [-0.2, 0) is 9.59 Å². The maximum Gasteiger partial charge on any atom is 0.274 e. The molecule has 0 spiro atoms. The molecule has 3 N–H and O–H groups in total. The zero-order chi connectivity index (χ0) is 22.9. The van der Waals surface area contributed by atoms with E-state index in [1.165, 1.54) is 18.0 Å². The number of carbonyl (C=O) groups is 2. The number of hydrogen-bond acceptors (Lipinski definition) is 5. The highest BCUT2D eigenvalue weighted by molar-refractivity contribution is 5.99. The number of amides is 2. The van der Waals surface area contributed by atoms with E-state index in [4.69, 9.17) is 0 Å². The van der Waals surface area contributed by atoms with Gasteiger partial charge >= 0.3 is 0 Å². The van der Waals surface area contributed by atoms with E-state index in [-0.39, 0.29) is 29.3 Å². The van der Waals surface area contributed by atoms with Crippen molar-refractivity contribution in [3.05, 3.63) is 58.4 Å². The fraction of sp³-hybridized carbons (Fsp3) is 0.455. The molecule has 1 saturated carbocycles. The summed E-state index contributed by atoms with van der Waals surface area (Å²) in [5.41, 5.74) is -0.844. The van der Waals surface area contributed by atoms with Crippen molar-refractivity contribution in [2.75, 3.05) is 6.54 Å². The number of benzene rings is 1. The van der Waals surface area contributed by atoms with Gasteiger partial charge in [0.2, 0.25) is 0 Å². The summed E-state index contributed by atoms with van der Waals surface area (Å²) < 4.78 is 41.3. The number of hydrogen-bond donors (Lipinski definition) is 3. The molecule has 2 saturated heterocycles. The maximum absolute atomic E-state index is 14.1. The molecule has 5 rings (SSSR count). The summed E-state index contributed by atoms with van der Waals surface area (Å²) in [7, 11) is 0. The Bertz CT molecular complexity index is 1070. The molecule has 3 aliphatic heterocycles. The average Bonchev–Trinajstić information content (AvgIpc) is 3.31. The Morgan fingerprint density at radius 2 is 1.91 bits per heavy atom. The molecule has 2 amide bonds. The highest BCUT2D eigenvalue weighted by atomic mass is 19.1. The summed E-state index contributed by atoms with van der Waals surface area (Å²) in [4.78, 5) is 29.1. The monoisotopic (exact) mass is 449 g/mol. The van der Waals surface area contributed by atoms with Crippen LogP contribution < -0.4 is 5.32 Å². The fourth-order valence-corrected chi connectivity index (χ4v) is 5.57. The highest BCUT2D eigenvalue weighted by Gasteiger charge is 2.54. The normalized spacial score (nSPS) is 29.7. The van der Waals surface area contributed by atoms with Crippen LogP contribution in [0, 0.1) is 23.4 Å². The zero-order valence-corrected chi connectivity index (χ0v) is 17.2. The van der Waals surface area contributed by atoms with Crippen molar-refractivity contribution in [2.45, 2.75) is 50.4 Å². The molecule has 1 aromatic rings. The highest BCUT2D eigenvalue weighted by Crippen LogP contribution is 2.46. The minimum atomic E-state index is -1.77. The summed E-state index contributed by atoms with van der Waals surface area (Å²) >= 11 is 0. The molecule has 7 nitrogen and oxygen atoms in total. The second-order valence-electron chi connectivity index (χ2n) is 8.86. The van der Waals surface area contributed by atoms with Gasteiger partial charge in [-0.1, -0.05) is 0 Å². The lowest BCUT2D eigenvalue weighted by Crippen LogP contribution is -2.58. The van der Waals surface area contributed by atoms with Gasteiger partial charge in [0, 0.05) is 36.5 Å². The van der Waals surface area contributed by atoms with Crippen LogP contribution in [-0.4, -0.2) is 56.6 Å². The minimum Gasteiger partial charge on any atom is -0.507 e. The average molecular weight is 449 g/mol. The second-order valence-corrected chi connectivity index (χ2v) is 8.86. The first-order valence-electron chi connectivity index (χ1n) is 10.5. The summed E-state index contributed by atoms with van der Waals surface area (Å²) in [5.74, 6) is -4.91. The number of fused-ring (bicyclic) bond motifs is 6. The standard InChI is InChI=1S/C22H22F3N3O4/c1-9(17-14(24)5-11(23)6-15(17)25)26-21(31)13-7-27-8-16-10-2-3-12(4-10)28(16)22(32)18(27)20(30)19(13)29/h5-7,9-10,12,16,19,29-30H,2-4,8H2,1H3,(H,26,31)/t9-,10-,12+,16+,19?/m1/s1. The van der Waals surface area contributed by atoms with Gasteiger partial charge in [-0.2, -0.15) is 0 Å². The number of aliphatic hydroxyl groups is 2. The molecule has 1 aliphatic carbocycles. The molecule has 0 radical (unpaired) electrons.